The number of rotatable bonds is 11. The molecule has 0 atom stereocenters. The Hall–Kier alpha value is -2.99. The van der Waals surface area contributed by atoms with E-state index in [1.54, 1.807) is 47.4 Å². The van der Waals surface area contributed by atoms with Gasteiger partial charge in [-0.3, -0.25) is 4.79 Å². The average Bonchev–Trinajstić information content (AvgIpc) is 2.86. The topological polar surface area (TPSA) is 32.3 Å². The van der Waals surface area contributed by atoms with Crippen molar-refractivity contribution in [1.29, 1.82) is 0 Å². The SMILES string of the molecule is CC/C(=C\C=C(/C)F)CN(Cc1cc(Cl)cc(Cl)c1)C(=O)c1cccc(CNCc2ccc(F)cc2)c1. The Kier molecular flexibility index (Phi) is 10.9. The van der Waals surface area contributed by atoms with Crippen LogP contribution in [0.1, 0.15) is 47.3 Å². The second kappa shape index (κ2) is 14.1. The van der Waals surface area contributed by atoms with E-state index < -0.39 is 0 Å². The summed E-state index contributed by atoms with van der Waals surface area (Å²) in [6.45, 7) is 5.10. The maximum atomic E-state index is 13.7. The molecule has 3 aromatic rings. The van der Waals surface area contributed by atoms with Crippen molar-refractivity contribution in [1.82, 2.24) is 10.2 Å². The first-order valence-corrected chi connectivity index (χ1v) is 12.8. The van der Waals surface area contributed by atoms with Crippen molar-refractivity contribution in [2.24, 2.45) is 0 Å². The zero-order chi connectivity index (χ0) is 26.8. The van der Waals surface area contributed by atoms with Gasteiger partial charge in [-0.25, -0.2) is 8.78 Å². The van der Waals surface area contributed by atoms with Gasteiger partial charge in [0.25, 0.3) is 5.91 Å². The fourth-order valence-corrected chi connectivity index (χ4v) is 4.40. The summed E-state index contributed by atoms with van der Waals surface area (Å²) in [6.07, 6.45) is 3.79. The lowest BCUT2D eigenvalue weighted by atomic mass is 10.1. The Labute approximate surface area is 227 Å². The third kappa shape index (κ3) is 9.43. The molecule has 1 N–H and O–H groups in total. The number of carbonyl (C=O) groups is 1. The van der Waals surface area contributed by atoms with Crippen LogP contribution in [0.25, 0.3) is 0 Å². The highest BCUT2D eigenvalue weighted by Crippen LogP contribution is 2.22. The first kappa shape index (κ1) is 28.6. The monoisotopic (exact) mass is 542 g/mol. The summed E-state index contributed by atoms with van der Waals surface area (Å²) in [5, 5.41) is 4.31. The highest BCUT2D eigenvalue weighted by Gasteiger charge is 2.18. The van der Waals surface area contributed by atoms with E-state index in [1.165, 1.54) is 25.1 Å². The van der Waals surface area contributed by atoms with Gasteiger partial charge in [-0.15, -0.1) is 0 Å². The van der Waals surface area contributed by atoms with Gasteiger partial charge in [0.15, 0.2) is 0 Å². The summed E-state index contributed by atoms with van der Waals surface area (Å²) < 4.78 is 26.5. The first-order valence-electron chi connectivity index (χ1n) is 12.0. The number of amides is 1. The zero-order valence-corrected chi connectivity index (χ0v) is 22.4. The summed E-state index contributed by atoms with van der Waals surface area (Å²) in [4.78, 5) is 15.4. The Balaban J connectivity index is 1.79. The highest BCUT2D eigenvalue weighted by molar-refractivity contribution is 6.34. The van der Waals surface area contributed by atoms with Crippen LogP contribution in [0.3, 0.4) is 0 Å². The summed E-state index contributed by atoms with van der Waals surface area (Å²) in [7, 11) is 0. The number of hydrogen-bond acceptors (Lipinski definition) is 2. The zero-order valence-electron chi connectivity index (χ0n) is 20.9. The third-order valence-electron chi connectivity index (χ3n) is 5.73. The van der Waals surface area contributed by atoms with Gasteiger partial charge >= 0.3 is 0 Å². The largest absolute Gasteiger partial charge is 0.330 e. The Morgan fingerprint density at radius 2 is 1.59 bits per heavy atom. The number of nitrogens with zero attached hydrogens (tertiary/aromatic N) is 1. The second-order valence-electron chi connectivity index (χ2n) is 8.80. The summed E-state index contributed by atoms with van der Waals surface area (Å²) in [5.41, 5.74) is 4.17. The fourth-order valence-electron chi connectivity index (χ4n) is 3.83. The van der Waals surface area contributed by atoms with Gasteiger partial charge < -0.3 is 10.2 Å². The number of nitrogens with one attached hydrogen (secondary N) is 1. The van der Waals surface area contributed by atoms with E-state index in [0.717, 1.165) is 22.3 Å². The first-order chi connectivity index (χ1) is 17.7. The second-order valence-corrected chi connectivity index (χ2v) is 9.67. The smallest absolute Gasteiger partial charge is 0.254 e. The van der Waals surface area contributed by atoms with Crippen molar-refractivity contribution >= 4 is 29.1 Å². The standard InChI is InChI=1S/C30H30Cl2F2N2O/c1-3-22(8-7-21(2)33)19-36(20-25-14-27(31)16-28(32)15-25)30(37)26-6-4-5-24(13-26)18-35-17-23-9-11-29(34)12-10-23/h4-16,35H,3,17-20H2,1-2H3/b21-7+,22-8+. The van der Waals surface area contributed by atoms with Crippen LogP contribution in [0.2, 0.25) is 10.0 Å². The van der Waals surface area contributed by atoms with Crippen molar-refractivity contribution in [3.8, 4) is 0 Å². The van der Waals surface area contributed by atoms with Crippen molar-refractivity contribution < 1.29 is 13.6 Å². The molecular formula is C30H30Cl2F2N2O. The minimum Gasteiger partial charge on any atom is -0.330 e. The minimum absolute atomic E-state index is 0.156. The Morgan fingerprint density at radius 1 is 0.919 bits per heavy atom. The lowest BCUT2D eigenvalue weighted by molar-refractivity contribution is 0.0757. The lowest BCUT2D eigenvalue weighted by Crippen LogP contribution is -2.32. The number of allylic oxidation sites excluding steroid dienone is 3. The molecule has 0 unspecified atom stereocenters. The van der Waals surface area contributed by atoms with Gasteiger partial charge in [0.05, 0.1) is 5.83 Å². The molecule has 3 aromatic carbocycles. The van der Waals surface area contributed by atoms with Gasteiger partial charge in [-0.05, 0) is 78.6 Å². The molecule has 3 nitrogen and oxygen atoms in total. The number of halogens is 4. The molecule has 0 saturated carbocycles. The van der Waals surface area contributed by atoms with Crippen LogP contribution < -0.4 is 5.32 Å². The van der Waals surface area contributed by atoms with Crippen molar-refractivity contribution in [2.75, 3.05) is 6.54 Å². The summed E-state index contributed by atoms with van der Waals surface area (Å²) >= 11 is 12.4. The molecule has 0 radical (unpaired) electrons. The van der Waals surface area contributed by atoms with Crippen LogP contribution in [0.4, 0.5) is 8.78 Å². The molecule has 0 aliphatic heterocycles. The molecule has 1 amide bonds. The molecule has 0 heterocycles. The molecule has 0 aliphatic carbocycles. The minimum atomic E-state index is -0.300. The lowest BCUT2D eigenvalue weighted by Gasteiger charge is -2.25. The predicted molar refractivity (Wildman–Crippen MR) is 148 cm³/mol. The maximum absolute atomic E-state index is 13.7. The van der Waals surface area contributed by atoms with Gasteiger partial charge in [0.2, 0.25) is 0 Å². The third-order valence-corrected chi connectivity index (χ3v) is 6.16. The molecule has 194 valence electrons. The Morgan fingerprint density at radius 3 is 2.24 bits per heavy atom. The van der Waals surface area contributed by atoms with Crippen LogP contribution in [-0.2, 0) is 19.6 Å². The van der Waals surface area contributed by atoms with Gasteiger partial charge in [0.1, 0.15) is 5.82 Å². The predicted octanol–water partition coefficient (Wildman–Crippen LogP) is 8.27. The molecule has 7 heteroatoms. The number of benzene rings is 3. The van der Waals surface area contributed by atoms with Crippen LogP contribution in [0, 0.1) is 5.82 Å². The van der Waals surface area contributed by atoms with Crippen LogP contribution in [0.5, 0.6) is 0 Å². The molecule has 0 saturated heterocycles. The van der Waals surface area contributed by atoms with Crippen molar-refractivity contribution in [3.63, 3.8) is 0 Å². The Bertz CT molecular complexity index is 1250. The molecular weight excluding hydrogens is 513 g/mol. The maximum Gasteiger partial charge on any atom is 0.254 e. The van der Waals surface area contributed by atoms with E-state index in [2.05, 4.69) is 5.32 Å². The summed E-state index contributed by atoms with van der Waals surface area (Å²) in [6, 6.07) is 19.0. The molecule has 0 spiro atoms. The molecule has 37 heavy (non-hydrogen) atoms. The van der Waals surface area contributed by atoms with Crippen LogP contribution in [0.15, 0.2) is 90.3 Å². The fraction of sp³-hybridized carbons (Fsp3) is 0.233. The van der Waals surface area contributed by atoms with Crippen LogP contribution >= 0.6 is 23.2 Å². The summed E-state index contributed by atoms with van der Waals surface area (Å²) in [5.74, 6) is -0.723. The molecule has 0 aromatic heterocycles. The molecule has 0 fully saturated rings. The average molecular weight is 543 g/mol. The van der Waals surface area contributed by atoms with E-state index in [0.29, 0.717) is 48.2 Å². The normalized spacial score (nSPS) is 12.1. The number of carbonyl (C=O) groups excluding carboxylic acids is 1. The molecule has 0 bridgehead atoms. The van der Waals surface area contributed by atoms with E-state index in [1.807, 2.05) is 25.1 Å². The van der Waals surface area contributed by atoms with E-state index in [9.17, 15) is 13.6 Å². The van der Waals surface area contributed by atoms with E-state index in [-0.39, 0.29) is 17.6 Å². The van der Waals surface area contributed by atoms with Gasteiger partial charge in [-0.1, -0.05) is 66.0 Å². The highest BCUT2D eigenvalue weighted by atomic mass is 35.5. The quantitative estimate of drug-likeness (QED) is 0.247. The molecule has 0 aliphatic rings. The molecule has 3 rings (SSSR count). The number of hydrogen-bond donors (Lipinski definition) is 1. The van der Waals surface area contributed by atoms with E-state index >= 15 is 0 Å². The van der Waals surface area contributed by atoms with Gasteiger partial charge in [-0.2, -0.15) is 0 Å². The van der Waals surface area contributed by atoms with Crippen molar-refractivity contribution in [3.05, 3.63) is 128 Å². The van der Waals surface area contributed by atoms with Crippen molar-refractivity contribution in [2.45, 2.75) is 39.9 Å². The van der Waals surface area contributed by atoms with Crippen LogP contribution in [-0.4, -0.2) is 17.4 Å². The van der Waals surface area contributed by atoms with Gasteiger partial charge in [0, 0.05) is 41.8 Å². The van der Waals surface area contributed by atoms with E-state index in [4.69, 9.17) is 23.2 Å².